The van der Waals surface area contributed by atoms with E-state index in [1.807, 2.05) is 12.1 Å². The molecule has 8 aromatic carbocycles. The van der Waals surface area contributed by atoms with Crippen molar-refractivity contribution in [1.82, 2.24) is 0 Å². The number of benzene rings is 8. The van der Waals surface area contributed by atoms with E-state index >= 15 is 0 Å². The summed E-state index contributed by atoms with van der Waals surface area (Å²) in [6.45, 7) is 4.76. The third-order valence-electron chi connectivity index (χ3n) is 11.2. The van der Waals surface area contributed by atoms with Crippen molar-refractivity contribution >= 4 is 71.7 Å². The van der Waals surface area contributed by atoms with Crippen LogP contribution in [0, 0.1) is 0 Å². The van der Waals surface area contributed by atoms with Crippen LogP contribution in [0.5, 0.6) is 0 Å². The van der Waals surface area contributed by atoms with E-state index in [4.69, 9.17) is 8.83 Å². The molecule has 3 nitrogen and oxygen atoms in total. The molecule has 52 heavy (non-hydrogen) atoms. The molecule has 0 saturated heterocycles. The summed E-state index contributed by atoms with van der Waals surface area (Å²) in [5, 5.41) is 7.06. The SMILES string of the molecule is CC1(C)c2c(cccc2N(c2ccccc2)c2ccc3c(c2)oc2ccccc23)-c2c1c1ccccc1c1c2oc2cccc(-c3ccccc3)c21. The van der Waals surface area contributed by atoms with Gasteiger partial charge < -0.3 is 13.7 Å². The number of hydrogen-bond acceptors (Lipinski definition) is 3. The van der Waals surface area contributed by atoms with Crippen LogP contribution in [-0.4, -0.2) is 0 Å². The average molecular weight is 668 g/mol. The minimum Gasteiger partial charge on any atom is -0.456 e. The Bertz CT molecular complexity index is 3040. The summed E-state index contributed by atoms with van der Waals surface area (Å²) in [4.78, 5) is 2.39. The van der Waals surface area contributed by atoms with Gasteiger partial charge in [0.15, 0.2) is 0 Å². The Kier molecular flexibility index (Phi) is 6.01. The van der Waals surface area contributed by atoms with Crippen LogP contribution >= 0.6 is 0 Å². The van der Waals surface area contributed by atoms with Gasteiger partial charge in [-0.2, -0.15) is 0 Å². The molecule has 10 aromatic rings. The monoisotopic (exact) mass is 667 g/mol. The summed E-state index contributed by atoms with van der Waals surface area (Å²) < 4.78 is 13.5. The molecule has 246 valence electrons. The molecule has 0 N–H and O–H groups in total. The Balaban J connectivity index is 1.22. The van der Waals surface area contributed by atoms with E-state index in [0.29, 0.717) is 0 Å². The van der Waals surface area contributed by atoms with Crippen molar-refractivity contribution < 1.29 is 8.83 Å². The molecule has 2 aromatic heterocycles. The summed E-state index contributed by atoms with van der Waals surface area (Å²) in [6.07, 6.45) is 0. The minimum absolute atomic E-state index is 0.354. The van der Waals surface area contributed by atoms with Crippen LogP contribution in [0.4, 0.5) is 17.1 Å². The number of anilines is 3. The smallest absolute Gasteiger partial charge is 0.144 e. The topological polar surface area (TPSA) is 29.5 Å². The summed E-state index contributed by atoms with van der Waals surface area (Å²) in [5.74, 6) is 0. The van der Waals surface area contributed by atoms with Gasteiger partial charge in [-0.3, -0.25) is 0 Å². The maximum Gasteiger partial charge on any atom is 0.144 e. The Morgan fingerprint density at radius 2 is 1.10 bits per heavy atom. The normalized spacial score (nSPS) is 13.3. The van der Waals surface area contributed by atoms with E-state index in [9.17, 15) is 0 Å². The van der Waals surface area contributed by atoms with Crippen molar-refractivity contribution in [3.63, 3.8) is 0 Å². The predicted octanol–water partition coefficient (Wildman–Crippen LogP) is 14.1. The van der Waals surface area contributed by atoms with E-state index < -0.39 is 0 Å². The average Bonchev–Trinajstić information content (AvgIpc) is 3.84. The zero-order valence-electron chi connectivity index (χ0n) is 28.9. The Morgan fingerprint density at radius 3 is 1.92 bits per heavy atom. The van der Waals surface area contributed by atoms with Crippen molar-refractivity contribution in [1.29, 1.82) is 0 Å². The lowest BCUT2D eigenvalue weighted by molar-refractivity contribution is 0.658. The second kappa shape index (κ2) is 10.7. The molecular weight excluding hydrogens is 635 g/mol. The number of hydrogen-bond donors (Lipinski definition) is 0. The van der Waals surface area contributed by atoms with Crippen LogP contribution in [0.15, 0.2) is 173 Å². The van der Waals surface area contributed by atoms with E-state index in [0.717, 1.165) is 55.6 Å². The molecule has 0 saturated carbocycles. The highest BCUT2D eigenvalue weighted by Crippen LogP contribution is 2.59. The summed E-state index contributed by atoms with van der Waals surface area (Å²) >= 11 is 0. The molecule has 0 aliphatic heterocycles. The first-order valence-corrected chi connectivity index (χ1v) is 17.9. The van der Waals surface area contributed by atoms with Crippen LogP contribution in [0.3, 0.4) is 0 Å². The van der Waals surface area contributed by atoms with Gasteiger partial charge in [0.05, 0.1) is 5.69 Å². The first-order valence-electron chi connectivity index (χ1n) is 17.9. The van der Waals surface area contributed by atoms with Gasteiger partial charge in [-0.15, -0.1) is 0 Å². The van der Waals surface area contributed by atoms with Crippen molar-refractivity contribution in [2.75, 3.05) is 4.90 Å². The van der Waals surface area contributed by atoms with Gasteiger partial charge in [-0.25, -0.2) is 0 Å². The molecule has 0 spiro atoms. The number of para-hydroxylation sites is 2. The van der Waals surface area contributed by atoms with Gasteiger partial charge in [0.25, 0.3) is 0 Å². The van der Waals surface area contributed by atoms with Gasteiger partial charge in [0.1, 0.15) is 22.3 Å². The molecule has 0 radical (unpaired) electrons. The molecular formula is C49H33NO2. The Morgan fingerprint density at radius 1 is 0.442 bits per heavy atom. The highest BCUT2D eigenvalue weighted by Gasteiger charge is 2.42. The highest BCUT2D eigenvalue weighted by molar-refractivity contribution is 6.28. The Hall–Kier alpha value is -6.58. The highest BCUT2D eigenvalue weighted by atomic mass is 16.3. The third kappa shape index (κ3) is 3.96. The lowest BCUT2D eigenvalue weighted by Gasteiger charge is -2.32. The Labute approximate surface area is 301 Å². The second-order valence-corrected chi connectivity index (χ2v) is 14.4. The molecule has 0 amide bonds. The van der Waals surface area contributed by atoms with Crippen molar-refractivity contribution in [2.24, 2.45) is 0 Å². The van der Waals surface area contributed by atoms with Crippen LogP contribution < -0.4 is 4.90 Å². The number of fused-ring (bicyclic) bond motifs is 13. The van der Waals surface area contributed by atoms with Gasteiger partial charge >= 0.3 is 0 Å². The van der Waals surface area contributed by atoms with Crippen molar-refractivity contribution in [3.05, 3.63) is 175 Å². The fraction of sp³-hybridized carbons (Fsp3) is 0.0612. The largest absolute Gasteiger partial charge is 0.456 e. The van der Waals surface area contributed by atoms with E-state index in [1.165, 1.54) is 49.5 Å². The van der Waals surface area contributed by atoms with E-state index in [1.54, 1.807) is 0 Å². The first-order chi connectivity index (χ1) is 25.6. The first kappa shape index (κ1) is 29.2. The number of rotatable bonds is 4. The van der Waals surface area contributed by atoms with Crippen LogP contribution in [0.2, 0.25) is 0 Å². The van der Waals surface area contributed by atoms with Crippen molar-refractivity contribution in [2.45, 2.75) is 19.3 Å². The number of furan rings is 2. The fourth-order valence-corrected chi connectivity index (χ4v) is 9.09. The second-order valence-electron chi connectivity index (χ2n) is 14.4. The maximum absolute atomic E-state index is 7.04. The van der Waals surface area contributed by atoms with Crippen LogP contribution in [-0.2, 0) is 5.41 Å². The molecule has 0 atom stereocenters. The lowest BCUT2D eigenvalue weighted by atomic mass is 9.78. The molecule has 3 heteroatoms. The van der Waals surface area contributed by atoms with Gasteiger partial charge in [0, 0.05) is 50.0 Å². The zero-order chi connectivity index (χ0) is 34.6. The molecule has 11 rings (SSSR count). The molecule has 1 aliphatic carbocycles. The maximum atomic E-state index is 7.04. The van der Waals surface area contributed by atoms with Gasteiger partial charge in [-0.05, 0) is 81.1 Å². The molecule has 0 unspecified atom stereocenters. The predicted molar refractivity (Wildman–Crippen MR) is 216 cm³/mol. The van der Waals surface area contributed by atoms with Crippen LogP contribution in [0.1, 0.15) is 25.0 Å². The van der Waals surface area contributed by atoms with E-state index in [-0.39, 0.29) is 5.41 Å². The molecule has 1 aliphatic rings. The summed E-state index contributed by atoms with van der Waals surface area (Å²) in [5.41, 5.74) is 13.9. The number of nitrogens with zero attached hydrogens (tertiary/aromatic N) is 1. The van der Waals surface area contributed by atoms with Gasteiger partial charge in [0.2, 0.25) is 0 Å². The van der Waals surface area contributed by atoms with Crippen LogP contribution in [0.25, 0.3) is 76.9 Å². The molecule has 2 heterocycles. The van der Waals surface area contributed by atoms with E-state index in [2.05, 4.69) is 170 Å². The minimum atomic E-state index is -0.354. The third-order valence-corrected chi connectivity index (χ3v) is 11.2. The fourth-order valence-electron chi connectivity index (χ4n) is 9.09. The summed E-state index contributed by atoms with van der Waals surface area (Å²) in [6, 6.07) is 58.4. The molecule has 0 fully saturated rings. The van der Waals surface area contributed by atoms with Gasteiger partial charge in [-0.1, -0.05) is 129 Å². The zero-order valence-corrected chi connectivity index (χ0v) is 28.9. The quantitative estimate of drug-likeness (QED) is 0.187. The van der Waals surface area contributed by atoms with Crippen molar-refractivity contribution in [3.8, 4) is 22.3 Å². The summed E-state index contributed by atoms with van der Waals surface area (Å²) in [7, 11) is 0. The molecule has 0 bridgehead atoms. The lowest BCUT2D eigenvalue weighted by Crippen LogP contribution is -2.21. The standard InChI is InChI=1S/C49H33NO2/c1-49(2)46-38(23-13-24-39(46)50(31-17-7-4-8-18-31)32-27-28-35-34-19-11-12-25-40(34)51-42(35)29-32)45-47(49)37-21-10-9-20-36(37)44-43-33(30-15-5-3-6-16-30)22-14-26-41(43)52-48(44)45/h3-29H,1-2H3.